The molecule has 116 valence electrons. The van der Waals surface area contributed by atoms with Gasteiger partial charge in [0.05, 0.1) is 5.52 Å². The van der Waals surface area contributed by atoms with Crippen molar-refractivity contribution < 1.29 is 18.0 Å². The Morgan fingerprint density at radius 3 is 2.68 bits per heavy atom. The zero-order valence-corrected chi connectivity index (χ0v) is 11.5. The molecule has 1 aromatic carbocycles. The number of anilines is 1. The highest BCUT2D eigenvalue weighted by atomic mass is 19.4. The summed E-state index contributed by atoms with van der Waals surface area (Å²) in [5, 5.41) is 6.35. The summed E-state index contributed by atoms with van der Waals surface area (Å²) in [5.41, 5.74) is 0.838. The third-order valence-electron chi connectivity index (χ3n) is 2.75. The van der Waals surface area contributed by atoms with Gasteiger partial charge < -0.3 is 10.6 Å². The standard InChI is InChI=1S/C15H14F3N3O/c16-15(17,18)8-7-14(22)20-10-9-19-13-6-5-11-3-1-2-4-12(11)21-13/h1-8H,9-10H2,(H,19,21)(H,20,22)/b8-7+. The number of halogens is 3. The molecule has 0 aliphatic carbocycles. The van der Waals surface area contributed by atoms with Crippen LogP contribution < -0.4 is 10.6 Å². The van der Waals surface area contributed by atoms with Gasteiger partial charge in [-0.15, -0.1) is 0 Å². The first-order valence-electron chi connectivity index (χ1n) is 6.57. The van der Waals surface area contributed by atoms with Crippen LogP contribution >= 0.6 is 0 Å². The molecule has 2 rings (SSSR count). The molecule has 0 unspecified atom stereocenters. The maximum atomic E-state index is 11.9. The summed E-state index contributed by atoms with van der Waals surface area (Å²) in [6.45, 7) is 0.548. The highest BCUT2D eigenvalue weighted by Gasteiger charge is 2.22. The number of rotatable bonds is 5. The average Bonchev–Trinajstić information content (AvgIpc) is 2.49. The number of alkyl halides is 3. The van der Waals surface area contributed by atoms with Gasteiger partial charge in [0.25, 0.3) is 0 Å². The minimum absolute atomic E-state index is 0.0966. The second-order valence-corrected chi connectivity index (χ2v) is 4.48. The smallest absolute Gasteiger partial charge is 0.368 e. The zero-order valence-electron chi connectivity index (χ0n) is 11.5. The molecular formula is C15H14F3N3O. The van der Waals surface area contributed by atoms with Crippen LogP contribution in [0.4, 0.5) is 19.0 Å². The van der Waals surface area contributed by atoms with Crippen molar-refractivity contribution in [3.05, 3.63) is 48.6 Å². The maximum Gasteiger partial charge on any atom is 0.409 e. The van der Waals surface area contributed by atoms with Gasteiger partial charge in [0.15, 0.2) is 0 Å². The summed E-state index contributed by atoms with van der Waals surface area (Å²) in [4.78, 5) is 15.5. The van der Waals surface area contributed by atoms with Crippen LogP contribution in [0.1, 0.15) is 0 Å². The molecule has 0 aliphatic heterocycles. The molecule has 7 heteroatoms. The van der Waals surface area contributed by atoms with Crippen molar-refractivity contribution >= 4 is 22.6 Å². The number of hydrogen-bond acceptors (Lipinski definition) is 3. The van der Waals surface area contributed by atoms with Crippen LogP contribution in [-0.4, -0.2) is 30.2 Å². The van der Waals surface area contributed by atoms with Gasteiger partial charge in [0.2, 0.25) is 5.91 Å². The predicted molar refractivity (Wildman–Crippen MR) is 78.4 cm³/mol. The SMILES string of the molecule is O=C(/C=C/C(F)(F)F)NCCNc1ccc2ccccc2n1. The minimum atomic E-state index is -4.48. The Kier molecular flexibility index (Phi) is 4.98. The molecule has 1 amide bonds. The van der Waals surface area contributed by atoms with E-state index in [-0.39, 0.29) is 12.6 Å². The van der Waals surface area contributed by atoms with Gasteiger partial charge in [0, 0.05) is 30.6 Å². The molecule has 0 saturated carbocycles. The molecule has 0 fully saturated rings. The lowest BCUT2D eigenvalue weighted by Gasteiger charge is -2.07. The van der Waals surface area contributed by atoms with E-state index in [0.29, 0.717) is 18.4 Å². The Labute approximate surface area is 125 Å². The molecule has 4 nitrogen and oxygen atoms in total. The monoisotopic (exact) mass is 309 g/mol. The number of carbonyl (C=O) groups is 1. The van der Waals surface area contributed by atoms with Gasteiger partial charge in [-0.1, -0.05) is 18.2 Å². The van der Waals surface area contributed by atoms with Gasteiger partial charge in [-0.2, -0.15) is 13.2 Å². The maximum absolute atomic E-state index is 11.9. The molecule has 0 saturated heterocycles. The molecule has 0 atom stereocenters. The number of amides is 1. The Morgan fingerprint density at radius 2 is 1.91 bits per heavy atom. The van der Waals surface area contributed by atoms with E-state index in [1.165, 1.54) is 0 Å². The van der Waals surface area contributed by atoms with E-state index in [2.05, 4.69) is 15.6 Å². The largest absolute Gasteiger partial charge is 0.409 e. The van der Waals surface area contributed by atoms with Crippen LogP contribution in [-0.2, 0) is 4.79 Å². The number of hydrogen-bond donors (Lipinski definition) is 2. The molecule has 2 N–H and O–H groups in total. The highest BCUT2D eigenvalue weighted by Crippen LogP contribution is 2.15. The van der Waals surface area contributed by atoms with Gasteiger partial charge in [-0.3, -0.25) is 4.79 Å². The molecule has 0 spiro atoms. The van der Waals surface area contributed by atoms with Crippen LogP contribution in [0.2, 0.25) is 0 Å². The van der Waals surface area contributed by atoms with Gasteiger partial charge >= 0.3 is 6.18 Å². The number of aromatic nitrogens is 1. The number of para-hydroxylation sites is 1. The van der Waals surface area contributed by atoms with Gasteiger partial charge in [-0.25, -0.2) is 4.98 Å². The van der Waals surface area contributed by atoms with Crippen molar-refractivity contribution in [2.75, 3.05) is 18.4 Å². The molecule has 0 bridgehead atoms. The fourth-order valence-electron chi connectivity index (χ4n) is 1.77. The molecule has 1 heterocycles. The lowest BCUT2D eigenvalue weighted by atomic mass is 10.2. The Bertz CT molecular complexity index is 683. The second-order valence-electron chi connectivity index (χ2n) is 4.48. The number of nitrogens with one attached hydrogen (secondary N) is 2. The third kappa shape index (κ3) is 5.08. The second kappa shape index (κ2) is 6.93. The topological polar surface area (TPSA) is 54.0 Å². The summed E-state index contributed by atoms with van der Waals surface area (Å²) < 4.78 is 35.6. The van der Waals surface area contributed by atoms with Crippen molar-refractivity contribution in [2.24, 2.45) is 0 Å². The third-order valence-corrected chi connectivity index (χ3v) is 2.75. The van der Waals surface area contributed by atoms with Crippen LogP contribution in [0.25, 0.3) is 10.9 Å². The molecule has 0 aliphatic rings. The molecule has 2 aromatic rings. The van der Waals surface area contributed by atoms with Crippen molar-refractivity contribution in [2.45, 2.75) is 6.18 Å². The van der Waals surface area contributed by atoms with E-state index < -0.39 is 12.1 Å². The molecular weight excluding hydrogens is 295 g/mol. The summed E-state index contributed by atoms with van der Waals surface area (Å²) >= 11 is 0. The average molecular weight is 309 g/mol. The molecule has 1 aromatic heterocycles. The number of pyridine rings is 1. The van der Waals surface area contributed by atoms with Crippen LogP contribution in [0.15, 0.2) is 48.6 Å². The molecule has 0 radical (unpaired) electrons. The van der Waals surface area contributed by atoms with E-state index in [4.69, 9.17) is 0 Å². The Balaban J connectivity index is 1.78. The Morgan fingerprint density at radius 1 is 1.14 bits per heavy atom. The summed E-state index contributed by atoms with van der Waals surface area (Å²) in [7, 11) is 0. The van der Waals surface area contributed by atoms with Gasteiger partial charge in [0.1, 0.15) is 5.82 Å². The summed E-state index contributed by atoms with van der Waals surface area (Å²) in [6, 6.07) is 11.3. The van der Waals surface area contributed by atoms with E-state index >= 15 is 0 Å². The number of allylic oxidation sites excluding steroid dienone is 1. The fourth-order valence-corrected chi connectivity index (χ4v) is 1.77. The van der Waals surface area contributed by atoms with Crippen molar-refractivity contribution in [1.82, 2.24) is 10.3 Å². The van der Waals surface area contributed by atoms with E-state index in [0.717, 1.165) is 10.9 Å². The van der Waals surface area contributed by atoms with Gasteiger partial charge in [-0.05, 0) is 18.2 Å². The first-order valence-corrected chi connectivity index (χ1v) is 6.57. The summed E-state index contributed by atoms with van der Waals surface area (Å²) in [5.74, 6) is -0.149. The van der Waals surface area contributed by atoms with E-state index in [9.17, 15) is 18.0 Å². The van der Waals surface area contributed by atoms with E-state index in [1.807, 2.05) is 30.3 Å². The lowest BCUT2D eigenvalue weighted by Crippen LogP contribution is -2.27. The number of fused-ring (bicyclic) bond motifs is 1. The van der Waals surface area contributed by atoms with Crippen molar-refractivity contribution in [3.63, 3.8) is 0 Å². The fraction of sp³-hybridized carbons (Fsp3) is 0.200. The van der Waals surface area contributed by atoms with Crippen LogP contribution in [0, 0.1) is 0 Å². The predicted octanol–water partition coefficient (Wildman–Crippen LogP) is 2.88. The van der Waals surface area contributed by atoms with Crippen molar-refractivity contribution in [1.29, 1.82) is 0 Å². The number of carbonyl (C=O) groups excluding carboxylic acids is 1. The number of benzene rings is 1. The van der Waals surface area contributed by atoms with E-state index in [1.54, 1.807) is 6.07 Å². The first-order chi connectivity index (χ1) is 10.4. The lowest BCUT2D eigenvalue weighted by molar-refractivity contribution is -0.117. The number of nitrogens with zero attached hydrogens (tertiary/aromatic N) is 1. The highest BCUT2D eigenvalue weighted by molar-refractivity contribution is 5.87. The first kappa shape index (κ1) is 15.8. The minimum Gasteiger partial charge on any atom is -0.368 e. The quantitative estimate of drug-likeness (QED) is 0.659. The Hall–Kier alpha value is -2.57. The normalized spacial score (nSPS) is 11.8. The molecule has 22 heavy (non-hydrogen) atoms. The van der Waals surface area contributed by atoms with Crippen LogP contribution in [0.3, 0.4) is 0 Å². The van der Waals surface area contributed by atoms with Crippen LogP contribution in [0.5, 0.6) is 0 Å². The zero-order chi connectivity index (χ0) is 16.0. The summed E-state index contributed by atoms with van der Waals surface area (Å²) in [6.07, 6.45) is -4.11. The van der Waals surface area contributed by atoms with Crippen molar-refractivity contribution in [3.8, 4) is 0 Å².